The van der Waals surface area contributed by atoms with Crippen molar-refractivity contribution < 1.29 is 81.5 Å². The monoisotopic (exact) mass is 1880 g/mol. The molecule has 0 aliphatic carbocycles. The number of amides is 17. The molecule has 0 bridgehead atoms. The van der Waals surface area contributed by atoms with Crippen LogP contribution in [-0.4, -0.2) is 263 Å². The van der Waals surface area contributed by atoms with E-state index < -0.39 is 191 Å². The molecule has 0 fully saturated rings. The predicted octanol–water partition coefficient (Wildman–Crippen LogP) is -6.79. The third-order valence-electron chi connectivity index (χ3n) is 21.7. The Kier molecular flexibility index (Phi) is 57.5. The summed E-state index contributed by atoms with van der Waals surface area (Å²) >= 11 is 0. The zero-order chi connectivity index (χ0) is 100.0. The third kappa shape index (κ3) is 45.5. The molecule has 0 spiro atoms. The summed E-state index contributed by atoms with van der Waals surface area (Å²) in [5, 5.41) is 42.4. The van der Waals surface area contributed by atoms with E-state index >= 15 is 0 Å². The number of nitrogens with two attached hydrogens (primary N) is 11. The normalized spacial score (nSPS) is 15.2. The van der Waals surface area contributed by atoms with Crippen molar-refractivity contribution in [1.82, 2.24) is 85.1 Å². The van der Waals surface area contributed by atoms with Crippen LogP contribution in [0.15, 0.2) is 60.7 Å². The van der Waals surface area contributed by atoms with Crippen LogP contribution in [0.2, 0.25) is 0 Å². The van der Waals surface area contributed by atoms with Crippen LogP contribution >= 0.6 is 0 Å². The summed E-state index contributed by atoms with van der Waals surface area (Å²) in [4.78, 5) is 240. The molecule has 0 saturated heterocycles. The van der Waals surface area contributed by atoms with Crippen molar-refractivity contribution in [3.63, 3.8) is 0 Å². The van der Waals surface area contributed by atoms with Crippen molar-refractivity contribution in [3.05, 3.63) is 71.8 Å². The molecule has 0 heterocycles. The minimum atomic E-state index is -1.49. The lowest BCUT2D eigenvalue weighted by molar-refractivity contribution is -0.136. The van der Waals surface area contributed by atoms with Gasteiger partial charge in [-0.15, -0.1) is 0 Å². The van der Waals surface area contributed by atoms with Gasteiger partial charge in [0.1, 0.15) is 96.7 Å². The Morgan fingerprint density at radius 1 is 0.226 bits per heavy atom. The van der Waals surface area contributed by atoms with Crippen molar-refractivity contribution in [2.75, 3.05) is 65.4 Å². The number of rotatable bonds is 68. The predicted molar refractivity (Wildman–Crippen MR) is 504 cm³/mol. The van der Waals surface area contributed by atoms with E-state index in [0.717, 1.165) is 6.42 Å². The SMILES string of the molecule is CCC(C)CCC(=O)N[C@H](CCN)C(=O)N[C@@H](CCN)C(=O)N[C@@H](CCN)C(=O)N[C@@H](CC(C)C)C(=O)N[C@H](Cc1ccccc1)C(=O)N[C@@H](CCN)C(=O)N[C@@H](CCN)C(=O)N[C@@H](CC(C)C)C(=O)N[C@H](CCN)C(=O)N[C@@H](CCN)C(=O)N[C@@H](CCN)C(=O)N[C@@H](CC(C)C)C(=O)N[C@H](Cc1ccccc1)C(=O)N[C@@H](CCN)C(=O)N[C@@H](CCN)C(=O)N[C@@H](CC(C)C)C(N)=O. The van der Waals surface area contributed by atoms with Crippen molar-refractivity contribution in [2.24, 2.45) is 92.7 Å². The van der Waals surface area contributed by atoms with Gasteiger partial charge in [-0.25, -0.2) is 0 Å². The zero-order valence-electron chi connectivity index (χ0n) is 79.2. The second kappa shape index (κ2) is 64.8. The van der Waals surface area contributed by atoms with Gasteiger partial charge in [-0.3, -0.25) is 81.5 Å². The van der Waals surface area contributed by atoms with E-state index in [2.05, 4.69) is 85.1 Å². The van der Waals surface area contributed by atoms with Crippen LogP contribution < -0.4 is 148 Å². The van der Waals surface area contributed by atoms with E-state index in [1.807, 2.05) is 27.7 Å². The van der Waals surface area contributed by atoms with Crippen LogP contribution in [0.4, 0.5) is 0 Å². The lowest BCUT2D eigenvalue weighted by Gasteiger charge is -2.29. The van der Waals surface area contributed by atoms with E-state index in [4.69, 9.17) is 63.1 Å². The molecule has 38 N–H and O–H groups in total. The highest BCUT2D eigenvalue weighted by atomic mass is 16.2. The van der Waals surface area contributed by atoms with Crippen molar-refractivity contribution in [3.8, 4) is 0 Å². The minimum absolute atomic E-state index is 0.00321. The smallest absolute Gasteiger partial charge is 0.243 e. The topological polar surface area (TPSA) is 769 Å². The molecule has 750 valence electrons. The second-order valence-electron chi connectivity index (χ2n) is 35.2. The summed E-state index contributed by atoms with van der Waals surface area (Å²) in [7, 11) is 0. The fraction of sp³-hybridized carbons (Fsp3) is 0.674. The van der Waals surface area contributed by atoms with E-state index in [9.17, 15) is 81.5 Å². The van der Waals surface area contributed by atoms with Gasteiger partial charge in [0.2, 0.25) is 100 Å². The molecule has 0 radical (unpaired) electrons. The molecular weight excluding hydrogens is 1720 g/mol. The summed E-state index contributed by atoms with van der Waals surface area (Å²) in [5.41, 5.74) is 66.3. The maximum Gasteiger partial charge on any atom is 0.243 e. The van der Waals surface area contributed by atoms with Gasteiger partial charge in [-0.1, -0.05) is 136 Å². The average Bonchev–Trinajstić information content (AvgIpc) is 0.850. The number of benzene rings is 2. The highest BCUT2D eigenvalue weighted by Crippen LogP contribution is 2.17. The van der Waals surface area contributed by atoms with Gasteiger partial charge >= 0.3 is 0 Å². The molecule has 44 heteroatoms. The number of hydrogen-bond donors (Lipinski definition) is 27. The van der Waals surface area contributed by atoms with Gasteiger partial charge in [0, 0.05) is 19.3 Å². The lowest BCUT2D eigenvalue weighted by Crippen LogP contribution is -2.62. The maximum atomic E-state index is 14.8. The van der Waals surface area contributed by atoms with Crippen molar-refractivity contribution in [2.45, 2.75) is 288 Å². The summed E-state index contributed by atoms with van der Waals surface area (Å²) in [6.45, 7) is 16.9. The van der Waals surface area contributed by atoms with Crippen molar-refractivity contribution in [1.29, 1.82) is 0 Å². The van der Waals surface area contributed by atoms with Gasteiger partial charge in [0.15, 0.2) is 0 Å². The van der Waals surface area contributed by atoms with E-state index in [0.29, 0.717) is 17.5 Å². The molecule has 17 amide bonds. The van der Waals surface area contributed by atoms with Gasteiger partial charge in [-0.2, -0.15) is 0 Å². The van der Waals surface area contributed by atoms with Crippen LogP contribution in [0.1, 0.15) is 190 Å². The second-order valence-corrected chi connectivity index (χ2v) is 35.2. The van der Waals surface area contributed by atoms with Crippen molar-refractivity contribution >= 4 is 100 Å². The molecule has 0 saturated carbocycles. The van der Waals surface area contributed by atoms with Crippen LogP contribution in [-0.2, 0) is 94.3 Å². The molecule has 133 heavy (non-hydrogen) atoms. The molecule has 2 aromatic rings. The fourth-order valence-electron chi connectivity index (χ4n) is 14.2. The van der Waals surface area contributed by atoms with Gasteiger partial charge in [0.05, 0.1) is 0 Å². The van der Waals surface area contributed by atoms with E-state index in [1.54, 1.807) is 102 Å². The molecule has 0 aliphatic rings. The average molecular weight is 1880 g/mol. The summed E-state index contributed by atoms with van der Waals surface area (Å²) in [5.74, 6) is -14.7. The van der Waals surface area contributed by atoms with Gasteiger partial charge in [0.25, 0.3) is 0 Å². The number of hydrogen-bond acceptors (Lipinski definition) is 27. The Balaban J connectivity index is 2.46. The van der Waals surface area contributed by atoms with Gasteiger partial charge < -0.3 is 148 Å². The summed E-state index contributed by atoms with van der Waals surface area (Å²) < 4.78 is 0. The number of primary amides is 1. The molecule has 1 unspecified atom stereocenters. The minimum Gasteiger partial charge on any atom is -0.368 e. The molecule has 17 atom stereocenters. The first kappa shape index (κ1) is 118. The standard InChI is InChI=1S/C89H157N27O17/c1-11-54(10)22-23-73(117)101-57(24-34-90)75(119)102-58(25-35-91)76(120)105-65(32-42-98)83(127)113-69(46-52(6)7)86(130)116-72(49-56-20-16-13-17-21-56)89(133)110-62(29-39-95)80(124)107-64(31-41-97)82(126)112-68(45-51(4)5)85(129)108-60(27-37-93)78(122)103-59(26-36-92)77(121)106-66(33-43-99)84(128)114-70(47-53(8)9)87(131)115-71(48-55-18-14-12-15-19-55)88(132)109-61(28-38-94)79(123)104-63(30-40-96)81(125)111-67(74(100)118)44-50(2)3/h12-21,50-54,57-72H,11,22-49,90-99H2,1-10H3,(H2,100,118)(H,101,117)(H,102,119)(H,103,122)(H,104,123)(H,105,120)(H,106,121)(H,107,124)(H,108,129)(H,109,132)(H,110,133)(H,111,125)(H,112,126)(H,113,127)(H,114,128)(H,115,131)(H,116,130)/t54?,57-,58+,59+,60-,61+,62+,63+,64+,65+,66+,67+,68+,69+,70+,71-,72-/m1/s1. The molecule has 0 aliphatic heterocycles. The summed E-state index contributed by atoms with van der Waals surface area (Å²) in [6.07, 6.45) is -0.0618. The first-order chi connectivity index (χ1) is 63.1. The van der Waals surface area contributed by atoms with Crippen LogP contribution in [0.25, 0.3) is 0 Å². The Morgan fingerprint density at radius 3 is 0.579 bits per heavy atom. The quantitative estimate of drug-likeness (QED) is 0.0293. The highest BCUT2D eigenvalue weighted by molar-refractivity contribution is 6.01. The van der Waals surface area contributed by atoms with Crippen LogP contribution in [0, 0.1) is 29.6 Å². The number of nitrogens with one attached hydrogen (secondary N) is 16. The van der Waals surface area contributed by atoms with Gasteiger partial charge in [-0.05, 0) is 202 Å². The Morgan fingerprint density at radius 2 is 0.391 bits per heavy atom. The zero-order valence-corrected chi connectivity index (χ0v) is 79.2. The third-order valence-corrected chi connectivity index (χ3v) is 21.7. The first-order valence-electron chi connectivity index (χ1n) is 46.3. The Bertz CT molecular complexity index is 3970. The fourth-order valence-corrected chi connectivity index (χ4v) is 14.2. The Labute approximate surface area is 781 Å². The van der Waals surface area contributed by atoms with E-state index in [1.165, 1.54) is 0 Å². The lowest BCUT2D eigenvalue weighted by atomic mass is 10.00. The molecular formula is C89H157N27O17. The van der Waals surface area contributed by atoms with Crippen LogP contribution in [0.5, 0.6) is 0 Å². The molecule has 2 aromatic carbocycles. The first-order valence-corrected chi connectivity index (χ1v) is 46.3. The molecule has 44 nitrogen and oxygen atoms in total. The largest absolute Gasteiger partial charge is 0.368 e. The molecule has 2 rings (SSSR count). The number of carbonyl (C=O) groups excluding carboxylic acids is 17. The summed E-state index contributed by atoms with van der Waals surface area (Å²) in [6, 6.07) is -4.88. The number of carbonyl (C=O) groups is 17. The maximum absolute atomic E-state index is 14.8. The molecule has 0 aromatic heterocycles. The van der Waals surface area contributed by atoms with E-state index in [-0.39, 0.29) is 210 Å². The highest BCUT2D eigenvalue weighted by Gasteiger charge is 2.40. The van der Waals surface area contributed by atoms with Crippen LogP contribution in [0.3, 0.4) is 0 Å². The Hall–Kier alpha value is -11.0.